The lowest BCUT2D eigenvalue weighted by Crippen LogP contribution is -2.27. The summed E-state index contributed by atoms with van der Waals surface area (Å²) in [6.07, 6.45) is 41.2. The van der Waals surface area contributed by atoms with Crippen molar-refractivity contribution >= 4 is 0 Å². The molecule has 0 bridgehead atoms. The third kappa shape index (κ3) is 36.0. The van der Waals surface area contributed by atoms with Gasteiger partial charge in [-0.05, 0) is 44.2 Å². The molecule has 0 atom stereocenters. The first-order valence-corrected chi connectivity index (χ1v) is 19.4. The van der Waals surface area contributed by atoms with Gasteiger partial charge in [0.2, 0.25) is 0 Å². The Hall–Kier alpha value is -0.0800. The van der Waals surface area contributed by atoms with Crippen LogP contribution in [0, 0.1) is 11.8 Å². The Morgan fingerprint density at radius 2 is 0.537 bits per heavy atom. The molecule has 2 heteroatoms. The van der Waals surface area contributed by atoms with E-state index in [1.807, 2.05) is 0 Å². The molecule has 0 aromatic heterocycles. The van der Waals surface area contributed by atoms with E-state index >= 15 is 0 Å². The van der Waals surface area contributed by atoms with E-state index in [0.717, 1.165) is 24.8 Å². The number of hydrogen-bond donors (Lipinski definition) is 1. The first-order valence-electron chi connectivity index (χ1n) is 19.4. The molecular weight excluding hydrogens is 498 g/mol. The van der Waals surface area contributed by atoms with Crippen molar-refractivity contribution in [3.05, 3.63) is 0 Å². The van der Waals surface area contributed by atoms with E-state index in [9.17, 15) is 5.11 Å². The summed E-state index contributed by atoms with van der Waals surface area (Å²) in [4.78, 5) is 2.64. The van der Waals surface area contributed by atoms with Crippen LogP contribution in [0.2, 0.25) is 0 Å². The average molecular weight is 580 g/mol. The van der Waals surface area contributed by atoms with Gasteiger partial charge in [-0.25, -0.2) is 0 Å². The Morgan fingerprint density at radius 3 is 0.780 bits per heavy atom. The van der Waals surface area contributed by atoms with Crippen molar-refractivity contribution in [2.75, 3.05) is 26.2 Å². The highest BCUT2D eigenvalue weighted by Gasteiger charge is 2.05. The van der Waals surface area contributed by atoms with Crippen LogP contribution >= 0.6 is 0 Å². The van der Waals surface area contributed by atoms with Gasteiger partial charge in [-0.2, -0.15) is 0 Å². The summed E-state index contributed by atoms with van der Waals surface area (Å²) in [5.74, 6) is 1.77. The monoisotopic (exact) mass is 580 g/mol. The van der Waals surface area contributed by atoms with Crippen molar-refractivity contribution in [1.82, 2.24) is 4.90 Å². The van der Waals surface area contributed by atoms with Gasteiger partial charge in [-0.15, -0.1) is 0 Å². The van der Waals surface area contributed by atoms with Crippen LogP contribution in [-0.2, 0) is 0 Å². The maximum absolute atomic E-state index is 9.31. The third-order valence-corrected chi connectivity index (χ3v) is 9.14. The first kappa shape index (κ1) is 40.9. The second kappa shape index (κ2) is 34.4. The van der Waals surface area contributed by atoms with E-state index < -0.39 is 0 Å². The summed E-state index contributed by atoms with van der Waals surface area (Å²) in [7, 11) is 0. The zero-order chi connectivity index (χ0) is 30.1. The largest absolute Gasteiger partial charge is 0.396 e. The minimum absolute atomic E-state index is 0.340. The molecule has 0 unspecified atom stereocenters. The number of rotatable bonds is 35. The van der Waals surface area contributed by atoms with E-state index in [4.69, 9.17) is 0 Å². The van der Waals surface area contributed by atoms with Gasteiger partial charge in [0.25, 0.3) is 0 Å². The Kier molecular flexibility index (Phi) is 34.3. The fourth-order valence-corrected chi connectivity index (χ4v) is 6.29. The molecule has 0 fully saturated rings. The summed E-state index contributed by atoms with van der Waals surface area (Å²) >= 11 is 0. The van der Waals surface area contributed by atoms with Crippen molar-refractivity contribution in [2.45, 2.75) is 214 Å². The quantitative estimate of drug-likeness (QED) is 0.0755. The van der Waals surface area contributed by atoms with Gasteiger partial charge in [0.05, 0.1) is 0 Å². The molecule has 0 heterocycles. The highest BCUT2D eigenvalue weighted by atomic mass is 16.3. The summed E-state index contributed by atoms with van der Waals surface area (Å²) in [6, 6.07) is 0. The fourth-order valence-electron chi connectivity index (χ4n) is 6.29. The predicted octanol–water partition coefficient (Wildman–Crippen LogP) is 12.9. The van der Waals surface area contributed by atoms with E-state index in [-0.39, 0.29) is 0 Å². The van der Waals surface area contributed by atoms with Gasteiger partial charge >= 0.3 is 0 Å². The van der Waals surface area contributed by atoms with Crippen molar-refractivity contribution < 1.29 is 5.11 Å². The molecule has 0 aliphatic heterocycles. The van der Waals surface area contributed by atoms with E-state index in [2.05, 4.69) is 32.6 Å². The van der Waals surface area contributed by atoms with E-state index in [1.54, 1.807) is 0 Å². The lowest BCUT2D eigenvalue weighted by Gasteiger charge is -2.22. The van der Waals surface area contributed by atoms with Crippen molar-refractivity contribution in [3.63, 3.8) is 0 Å². The second-order valence-electron chi connectivity index (χ2n) is 14.5. The Bertz CT molecular complexity index is 424. The van der Waals surface area contributed by atoms with E-state index in [1.165, 1.54) is 193 Å². The molecular formula is C39H81NO. The van der Waals surface area contributed by atoms with Gasteiger partial charge in [0.1, 0.15) is 0 Å². The van der Waals surface area contributed by atoms with Crippen LogP contribution in [0.3, 0.4) is 0 Å². The van der Waals surface area contributed by atoms with Crippen LogP contribution in [0.15, 0.2) is 0 Å². The topological polar surface area (TPSA) is 23.5 Å². The Balaban J connectivity index is 3.46. The number of unbranched alkanes of at least 4 members (excludes halogenated alkanes) is 24. The smallest absolute Gasteiger partial charge is 0.0443 e. The van der Waals surface area contributed by atoms with Gasteiger partial charge in [-0.1, -0.05) is 195 Å². The predicted molar refractivity (Wildman–Crippen MR) is 187 cm³/mol. The van der Waals surface area contributed by atoms with Crippen molar-refractivity contribution in [2.24, 2.45) is 11.8 Å². The van der Waals surface area contributed by atoms with Crippen LogP contribution in [0.4, 0.5) is 0 Å². The Morgan fingerprint density at radius 1 is 0.317 bits per heavy atom. The molecule has 0 aromatic carbocycles. The van der Waals surface area contributed by atoms with Crippen LogP contribution < -0.4 is 0 Å². The van der Waals surface area contributed by atoms with Crippen LogP contribution in [0.5, 0.6) is 0 Å². The molecule has 0 aliphatic rings. The second-order valence-corrected chi connectivity index (χ2v) is 14.5. The SMILES string of the molecule is CC(C)CCCCCCCCCCCCCCCN(CCCO)CCCCCCCCCCCCCCCC(C)C. The maximum atomic E-state index is 9.31. The lowest BCUT2D eigenvalue weighted by atomic mass is 10.0. The molecule has 0 aromatic rings. The summed E-state index contributed by atoms with van der Waals surface area (Å²) < 4.78 is 0. The van der Waals surface area contributed by atoms with Crippen LogP contribution in [-0.4, -0.2) is 36.2 Å². The first-order chi connectivity index (χ1) is 20.1. The molecule has 248 valence electrons. The Labute approximate surface area is 261 Å². The molecule has 0 saturated heterocycles. The minimum Gasteiger partial charge on any atom is -0.396 e. The molecule has 2 nitrogen and oxygen atoms in total. The highest BCUT2D eigenvalue weighted by Crippen LogP contribution is 2.16. The van der Waals surface area contributed by atoms with Gasteiger partial charge < -0.3 is 10.0 Å². The minimum atomic E-state index is 0.340. The maximum Gasteiger partial charge on any atom is 0.0443 e. The molecule has 0 spiro atoms. The summed E-state index contributed by atoms with van der Waals surface area (Å²) in [5, 5.41) is 9.31. The molecule has 41 heavy (non-hydrogen) atoms. The zero-order valence-corrected chi connectivity index (χ0v) is 29.4. The highest BCUT2D eigenvalue weighted by molar-refractivity contribution is 4.60. The standard InChI is InChI=1S/C39H81NO/c1-38(2)32-27-23-19-15-11-7-5-9-13-17-21-25-29-34-40(36-31-37-41)35-30-26-22-18-14-10-6-8-12-16-20-24-28-33-39(3)4/h38-39,41H,5-37H2,1-4H3. The van der Waals surface area contributed by atoms with Crippen LogP contribution in [0.1, 0.15) is 214 Å². The van der Waals surface area contributed by atoms with Crippen molar-refractivity contribution in [1.29, 1.82) is 0 Å². The number of aliphatic hydroxyl groups excluding tert-OH is 1. The fraction of sp³-hybridized carbons (Fsp3) is 1.00. The van der Waals surface area contributed by atoms with Gasteiger partial charge in [0, 0.05) is 13.2 Å². The number of nitrogens with zero attached hydrogens (tertiary/aromatic N) is 1. The number of hydrogen-bond acceptors (Lipinski definition) is 2. The molecule has 0 aliphatic carbocycles. The average Bonchev–Trinajstić information content (AvgIpc) is 2.94. The summed E-state index contributed by atoms with van der Waals surface area (Å²) in [6.45, 7) is 13.3. The molecule has 0 amide bonds. The number of aliphatic hydroxyl groups is 1. The summed E-state index contributed by atoms with van der Waals surface area (Å²) in [5.41, 5.74) is 0. The van der Waals surface area contributed by atoms with E-state index in [0.29, 0.717) is 6.61 Å². The zero-order valence-electron chi connectivity index (χ0n) is 29.4. The van der Waals surface area contributed by atoms with Crippen LogP contribution in [0.25, 0.3) is 0 Å². The molecule has 0 saturated carbocycles. The molecule has 1 N–H and O–H groups in total. The molecule has 0 rings (SSSR count). The van der Waals surface area contributed by atoms with Crippen molar-refractivity contribution in [3.8, 4) is 0 Å². The normalized spacial score (nSPS) is 12.0. The van der Waals surface area contributed by atoms with Gasteiger partial charge in [-0.3, -0.25) is 0 Å². The lowest BCUT2D eigenvalue weighted by molar-refractivity contribution is 0.217. The third-order valence-electron chi connectivity index (χ3n) is 9.14. The van der Waals surface area contributed by atoms with Gasteiger partial charge in [0.15, 0.2) is 0 Å². The molecule has 0 radical (unpaired) electrons.